The van der Waals surface area contributed by atoms with Gasteiger partial charge < -0.3 is 4.90 Å². The van der Waals surface area contributed by atoms with Crippen molar-refractivity contribution in [1.82, 2.24) is 9.80 Å². The molecule has 1 rings (SSSR count). The molecule has 4 heteroatoms. The summed E-state index contributed by atoms with van der Waals surface area (Å²) in [5.74, 6) is 0.301. The highest BCUT2D eigenvalue weighted by Gasteiger charge is 2.19. The number of unbranched alkanes of at least 4 members (excludes halogenated alkanes) is 6. The van der Waals surface area contributed by atoms with Gasteiger partial charge in [-0.3, -0.25) is 9.69 Å². The van der Waals surface area contributed by atoms with E-state index in [9.17, 15) is 4.79 Å². The van der Waals surface area contributed by atoms with Crippen LogP contribution >= 0.6 is 0 Å². The number of nitrogens with zero attached hydrogens (tertiary/aromatic N) is 3. The summed E-state index contributed by atoms with van der Waals surface area (Å²) in [6.07, 6.45) is 9.46. The van der Waals surface area contributed by atoms with Crippen molar-refractivity contribution >= 4 is 5.91 Å². The summed E-state index contributed by atoms with van der Waals surface area (Å²) in [6, 6.07) is 2.17. The first kappa shape index (κ1) is 17.0. The average Bonchev–Trinajstić information content (AvgIpc) is 2.47. The average molecular weight is 279 g/mol. The minimum Gasteiger partial charge on any atom is -0.340 e. The lowest BCUT2D eigenvalue weighted by Gasteiger charge is -2.33. The molecule has 1 heterocycles. The Morgan fingerprint density at radius 3 is 2.20 bits per heavy atom. The third-order valence-electron chi connectivity index (χ3n) is 4.01. The molecule has 1 saturated heterocycles. The fraction of sp³-hybridized carbons (Fsp3) is 0.875. The van der Waals surface area contributed by atoms with Crippen molar-refractivity contribution in [1.29, 1.82) is 5.26 Å². The molecule has 0 aromatic heterocycles. The Hall–Kier alpha value is -1.08. The van der Waals surface area contributed by atoms with Gasteiger partial charge in [-0.25, -0.2) is 0 Å². The van der Waals surface area contributed by atoms with Gasteiger partial charge in [-0.2, -0.15) is 5.26 Å². The highest BCUT2D eigenvalue weighted by Crippen LogP contribution is 2.10. The standard InChI is InChI=1S/C16H29N3O/c1-2-3-4-5-6-7-8-9-16(20)19-14-12-18(11-10-17)13-15-19/h2-9,11-15H2,1H3. The molecule has 114 valence electrons. The van der Waals surface area contributed by atoms with Gasteiger partial charge in [0, 0.05) is 32.6 Å². The Morgan fingerprint density at radius 1 is 1.00 bits per heavy atom. The Kier molecular flexibility index (Phi) is 9.06. The van der Waals surface area contributed by atoms with Crippen LogP contribution in [0.5, 0.6) is 0 Å². The second-order valence-electron chi connectivity index (χ2n) is 5.69. The fourth-order valence-electron chi connectivity index (χ4n) is 2.65. The van der Waals surface area contributed by atoms with Crippen LogP contribution in [0.15, 0.2) is 0 Å². The van der Waals surface area contributed by atoms with Crippen molar-refractivity contribution in [2.75, 3.05) is 32.7 Å². The van der Waals surface area contributed by atoms with Crippen molar-refractivity contribution in [3.63, 3.8) is 0 Å². The number of piperazine rings is 1. The van der Waals surface area contributed by atoms with E-state index >= 15 is 0 Å². The minimum atomic E-state index is 0.301. The maximum Gasteiger partial charge on any atom is 0.222 e. The summed E-state index contributed by atoms with van der Waals surface area (Å²) in [7, 11) is 0. The van der Waals surface area contributed by atoms with E-state index < -0.39 is 0 Å². The van der Waals surface area contributed by atoms with Crippen molar-refractivity contribution in [3.05, 3.63) is 0 Å². The number of carbonyl (C=O) groups is 1. The van der Waals surface area contributed by atoms with Gasteiger partial charge in [0.15, 0.2) is 0 Å². The molecule has 0 aromatic carbocycles. The molecule has 20 heavy (non-hydrogen) atoms. The molecule has 1 aliphatic heterocycles. The zero-order valence-electron chi connectivity index (χ0n) is 12.9. The van der Waals surface area contributed by atoms with Crippen LogP contribution in [0.2, 0.25) is 0 Å². The number of hydrogen-bond acceptors (Lipinski definition) is 3. The summed E-state index contributed by atoms with van der Waals surface area (Å²) in [4.78, 5) is 16.1. The van der Waals surface area contributed by atoms with Crippen molar-refractivity contribution in [2.24, 2.45) is 0 Å². The Labute approximate surface area is 123 Å². The largest absolute Gasteiger partial charge is 0.340 e. The Bertz CT molecular complexity index is 303. The molecule has 1 fully saturated rings. The molecule has 0 aromatic rings. The van der Waals surface area contributed by atoms with Crippen LogP contribution in [0.1, 0.15) is 58.3 Å². The van der Waals surface area contributed by atoms with Gasteiger partial charge in [-0.15, -0.1) is 0 Å². The van der Waals surface area contributed by atoms with Gasteiger partial charge in [0.2, 0.25) is 5.91 Å². The molecule has 0 aliphatic carbocycles. The number of rotatable bonds is 9. The van der Waals surface area contributed by atoms with Crippen molar-refractivity contribution in [2.45, 2.75) is 58.3 Å². The number of carbonyl (C=O) groups excluding carboxylic acids is 1. The van der Waals surface area contributed by atoms with Crippen LogP contribution in [0.4, 0.5) is 0 Å². The first-order valence-corrected chi connectivity index (χ1v) is 8.15. The van der Waals surface area contributed by atoms with E-state index in [1.807, 2.05) is 4.90 Å². The maximum absolute atomic E-state index is 12.0. The van der Waals surface area contributed by atoms with Gasteiger partial charge >= 0.3 is 0 Å². The zero-order valence-corrected chi connectivity index (χ0v) is 12.9. The number of hydrogen-bond donors (Lipinski definition) is 0. The number of amides is 1. The lowest BCUT2D eigenvalue weighted by molar-refractivity contribution is -0.133. The topological polar surface area (TPSA) is 47.3 Å². The molecule has 0 saturated carbocycles. The SMILES string of the molecule is CCCCCCCCCC(=O)N1CCN(CC#N)CC1. The summed E-state index contributed by atoms with van der Waals surface area (Å²) in [5, 5.41) is 8.64. The van der Waals surface area contributed by atoms with Crippen LogP contribution in [-0.4, -0.2) is 48.4 Å². The third-order valence-corrected chi connectivity index (χ3v) is 4.01. The van der Waals surface area contributed by atoms with Crippen LogP contribution in [-0.2, 0) is 4.79 Å². The molecular weight excluding hydrogens is 250 g/mol. The fourth-order valence-corrected chi connectivity index (χ4v) is 2.65. The molecule has 1 aliphatic rings. The first-order valence-electron chi connectivity index (χ1n) is 8.15. The Balaban J connectivity index is 2.02. The monoisotopic (exact) mass is 279 g/mol. The van der Waals surface area contributed by atoms with E-state index in [1.54, 1.807) is 0 Å². The second-order valence-corrected chi connectivity index (χ2v) is 5.69. The van der Waals surface area contributed by atoms with Crippen LogP contribution in [0.3, 0.4) is 0 Å². The molecule has 1 amide bonds. The van der Waals surface area contributed by atoms with Crippen molar-refractivity contribution in [3.8, 4) is 6.07 Å². The highest BCUT2D eigenvalue weighted by atomic mass is 16.2. The molecular formula is C16H29N3O. The predicted octanol–water partition coefficient (Wildman–Crippen LogP) is 2.79. The molecule has 0 unspecified atom stereocenters. The predicted molar refractivity (Wildman–Crippen MR) is 81.2 cm³/mol. The maximum atomic E-state index is 12.0. The van der Waals surface area contributed by atoms with E-state index in [1.165, 1.54) is 38.5 Å². The summed E-state index contributed by atoms with van der Waals surface area (Å²) in [6.45, 7) is 5.98. The van der Waals surface area contributed by atoms with Crippen LogP contribution < -0.4 is 0 Å². The molecule has 4 nitrogen and oxygen atoms in total. The third kappa shape index (κ3) is 6.91. The van der Waals surface area contributed by atoms with Crippen LogP contribution in [0, 0.1) is 11.3 Å². The molecule has 0 N–H and O–H groups in total. The summed E-state index contributed by atoms with van der Waals surface area (Å²) >= 11 is 0. The molecule has 0 radical (unpaired) electrons. The smallest absolute Gasteiger partial charge is 0.222 e. The van der Waals surface area contributed by atoms with Gasteiger partial charge in [-0.05, 0) is 6.42 Å². The minimum absolute atomic E-state index is 0.301. The van der Waals surface area contributed by atoms with Gasteiger partial charge in [0.1, 0.15) is 0 Å². The number of nitriles is 1. The Morgan fingerprint density at radius 2 is 1.60 bits per heavy atom. The second kappa shape index (κ2) is 10.7. The lowest BCUT2D eigenvalue weighted by atomic mass is 10.1. The molecule has 0 spiro atoms. The van der Waals surface area contributed by atoms with E-state index in [2.05, 4.69) is 17.9 Å². The van der Waals surface area contributed by atoms with E-state index in [-0.39, 0.29) is 0 Å². The van der Waals surface area contributed by atoms with Crippen LogP contribution in [0.25, 0.3) is 0 Å². The van der Waals surface area contributed by atoms with Gasteiger partial charge in [-0.1, -0.05) is 45.4 Å². The highest BCUT2D eigenvalue weighted by molar-refractivity contribution is 5.76. The van der Waals surface area contributed by atoms with Gasteiger partial charge in [0.05, 0.1) is 12.6 Å². The van der Waals surface area contributed by atoms with E-state index in [0.717, 1.165) is 32.6 Å². The molecule has 0 atom stereocenters. The lowest BCUT2D eigenvalue weighted by Crippen LogP contribution is -2.48. The quantitative estimate of drug-likeness (QED) is 0.481. The van der Waals surface area contributed by atoms with E-state index in [4.69, 9.17) is 5.26 Å². The normalized spacial score (nSPS) is 16.1. The summed E-state index contributed by atoms with van der Waals surface area (Å²) < 4.78 is 0. The van der Waals surface area contributed by atoms with Gasteiger partial charge in [0.25, 0.3) is 0 Å². The first-order chi connectivity index (χ1) is 9.77. The zero-order chi connectivity index (χ0) is 14.6. The van der Waals surface area contributed by atoms with E-state index in [0.29, 0.717) is 18.9 Å². The summed E-state index contributed by atoms with van der Waals surface area (Å²) in [5.41, 5.74) is 0. The van der Waals surface area contributed by atoms with Crippen molar-refractivity contribution < 1.29 is 4.79 Å². The molecule has 0 bridgehead atoms.